The molecule has 0 aromatic heterocycles. The predicted octanol–water partition coefficient (Wildman–Crippen LogP) is 2.01. The molecule has 0 unspecified atom stereocenters. The molecule has 0 fully saturated rings. The average molecular weight is 374 g/mol. The Morgan fingerprint density at radius 2 is 1.81 bits per heavy atom. The zero-order valence-corrected chi connectivity index (χ0v) is 14.6. The maximum Gasteiger partial charge on any atom is 0.337 e. The highest BCUT2D eigenvalue weighted by Crippen LogP contribution is 2.14. The summed E-state index contributed by atoms with van der Waals surface area (Å²) in [4.78, 5) is 35.0. The molecule has 2 N–H and O–H groups in total. The Hall–Kier alpha value is -3.19. The lowest BCUT2D eigenvalue weighted by atomic mass is 10.1. The monoisotopic (exact) mass is 373 g/mol. The third-order valence-electron chi connectivity index (χ3n) is 3.26. The van der Waals surface area contributed by atoms with Crippen LogP contribution in [0.3, 0.4) is 0 Å². The fourth-order valence-electron chi connectivity index (χ4n) is 1.94. The predicted molar refractivity (Wildman–Crippen MR) is 97.3 cm³/mol. The molecule has 0 radical (unpaired) electrons. The van der Waals surface area contributed by atoms with E-state index in [0.29, 0.717) is 16.1 Å². The highest BCUT2D eigenvalue weighted by atomic mass is 35.5. The molecule has 0 atom stereocenters. The summed E-state index contributed by atoms with van der Waals surface area (Å²) in [5, 5.41) is 6.54. The molecule has 2 aromatic carbocycles. The Labute approximate surface area is 155 Å². The van der Waals surface area contributed by atoms with Crippen LogP contribution >= 0.6 is 11.6 Å². The zero-order chi connectivity index (χ0) is 18.9. The van der Waals surface area contributed by atoms with Crippen LogP contribution in [0.2, 0.25) is 5.02 Å². The largest absolute Gasteiger partial charge is 0.465 e. The van der Waals surface area contributed by atoms with Crippen LogP contribution in [0.1, 0.15) is 26.3 Å². The number of benzene rings is 2. The van der Waals surface area contributed by atoms with Crippen LogP contribution in [0.5, 0.6) is 0 Å². The first-order chi connectivity index (χ1) is 12.5. The number of carbonyl (C=O) groups is 3. The van der Waals surface area contributed by atoms with E-state index in [1.54, 1.807) is 48.5 Å². The standard InChI is InChI=1S/C18H16ClN3O4/c1-26-18(25)13-8-6-12(7-9-13)10-21-22-16(23)11-20-17(24)14-4-2-3-5-15(14)19/h2-10H,11H2,1H3,(H,20,24)(H,22,23). The first kappa shape index (κ1) is 19.1. The van der Waals surface area contributed by atoms with Crippen LogP contribution in [0.4, 0.5) is 0 Å². The molecule has 2 aromatic rings. The van der Waals surface area contributed by atoms with Crippen LogP contribution in [-0.4, -0.2) is 37.7 Å². The number of esters is 1. The summed E-state index contributed by atoms with van der Waals surface area (Å²) in [5.74, 6) is -1.38. The Morgan fingerprint density at radius 1 is 1.12 bits per heavy atom. The molecular weight excluding hydrogens is 358 g/mol. The number of ether oxygens (including phenoxy) is 1. The fourth-order valence-corrected chi connectivity index (χ4v) is 2.16. The summed E-state index contributed by atoms with van der Waals surface area (Å²) < 4.78 is 4.60. The van der Waals surface area contributed by atoms with Gasteiger partial charge in [-0.3, -0.25) is 9.59 Å². The van der Waals surface area contributed by atoms with Gasteiger partial charge in [0.2, 0.25) is 0 Å². The van der Waals surface area contributed by atoms with Gasteiger partial charge in [0.1, 0.15) is 0 Å². The highest BCUT2D eigenvalue weighted by Gasteiger charge is 2.10. The maximum absolute atomic E-state index is 11.9. The molecule has 0 saturated heterocycles. The summed E-state index contributed by atoms with van der Waals surface area (Å²) in [6.45, 7) is -0.247. The number of methoxy groups -OCH3 is 1. The van der Waals surface area contributed by atoms with Gasteiger partial charge in [0, 0.05) is 0 Å². The molecule has 0 heterocycles. The zero-order valence-electron chi connectivity index (χ0n) is 13.9. The average Bonchev–Trinajstić information content (AvgIpc) is 2.66. The lowest BCUT2D eigenvalue weighted by Crippen LogP contribution is -2.35. The van der Waals surface area contributed by atoms with Crippen molar-refractivity contribution in [1.82, 2.24) is 10.7 Å². The number of hydrazone groups is 1. The van der Waals surface area contributed by atoms with Gasteiger partial charge in [0.05, 0.1) is 36.0 Å². The number of carbonyl (C=O) groups excluding carboxylic acids is 3. The second kappa shape index (κ2) is 9.33. The van der Waals surface area contributed by atoms with Gasteiger partial charge in [-0.05, 0) is 29.8 Å². The van der Waals surface area contributed by atoms with Crippen molar-refractivity contribution in [3.05, 3.63) is 70.2 Å². The van der Waals surface area contributed by atoms with Crippen molar-refractivity contribution in [2.45, 2.75) is 0 Å². The van der Waals surface area contributed by atoms with Gasteiger partial charge in [0.15, 0.2) is 0 Å². The number of hydrogen-bond acceptors (Lipinski definition) is 5. The van der Waals surface area contributed by atoms with E-state index < -0.39 is 17.8 Å². The summed E-state index contributed by atoms with van der Waals surface area (Å²) in [6.07, 6.45) is 1.41. The van der Waals surface area contributed by atoms with Gasteiger partial charge in [-0.25, -0.2) is 10.2 Å². The van der Waals surface area contributed by atoms with Crippen molar-refractivity contribution in [2.24, 2.45) is 5.10 Å². The normalized spacial score (nSPS) is 10.4. The number of hydrogen-bond donors (Lipinski definition) is 2. The van der Waals surface area contributed by atoms with Gasteiger partial charge in [-0.1, -0.05) is 35.9 Å². The number of halogens is 1. The van der Waals surface area contributed by atoms with E-state index in [1.165, 1.54) is 13.3 Å². The number of rotatable bonds is 6. The second-order valence-electron chi connectivity index (χ2n) is 5.07. The summed E-state index contributed by atoms with van der Waals surface area (Å²) >= 11 is 5.91. The third kappa shape index (κ3) is 5.42. The van der Waals surface area contributed by atoms with Crippen molar-refractivity contribution < 1.29 is 19.1 Å². The van der Waals surface area contributed by atoms with Crippen LogP contribution in [0.15, 0.2) is 53.6 Å². The SMILES string of the molecule is COC(=O)c1ccc(C=NNC(=O)CNC(=O)c2ccccc2Cl)cc1. The van der Waals surface area contributed by atoms with Crippen molar-refractivity contribution >= 4 is 35.6 Å². The summed E-state index contributed by atoms with van der Waals surface area (Å²) in [5.41, 5.74) is 3.67. The second-order valence-corrected chi connectivity index (χ2v) is 5.48. The minimum absolute atomic E-state index is 0.247. The number of nitrogens with zero attached hydrogens (tertiary/aromatic N) is 1. The fraction of sp³-hybridized carbons (Fsp3) is 0.111. The van der Waals surface area contributed by atoms with E-state index in [9.17, 15) is 14.4 Å². The lowest BCUT2D eigenvalue weighted by molar-refractivity contribution is -0.120. The Balaban J connectivity index is 1.81. The van der Waals surface area contributed by atoms with Crippen molar-refractivity contribution in [3.63, 3.8) is 0 Å². The quantitative estimate of drug-likeness (QED) is 0.460. The number of nitrogens with one attached hydrogen (secondary N) is 2. The molecule has 2 rings (SSSR count). The summed E-state index contributed by atoms with van der Waals surface area (Å²) in [6, 6.07) is 13.0. The van der Waals surface area contributed by atoms with Gasteiger partial charge < -0.3 is 10.1 Å². The van der Waals surface area contributed by atoms with Crippen LogP contribution in [0, 0.1) is 0 Å². The Bertz CT molecular complexity index is 835. The minimum Gasteiger partial charge on any atom is -0.465 e. The van der Waals surface area contributed by atoms with Gasteiger partial charge in [0.25, 0.3) is 11.8 Å². The highest BCUT2D eigenvalue weighted by molar-refractivity contribution is 6.33. The molecule has 0 saturated carbocycles. The van der Waals surface area contributed by atoms with E-state index >= 15 is 0 Å². The molecule has 8 heteroatoms. The van der Waals surface area contributed by atoms with Crippen molar-refractivity contribution in [2.75, 3.05) is 13.7 Å². The molecule has 26 heavy (non-hydrogen) atoms. The van der Waals surface area contributed by atoms with E-state index in [0.717, 1.165) is 0 Å². The Kier molecular flexibility index (Phi) is 6.87. The topological polar surface area (TPSA) is 96.9 Å². The van der Waals surface area contributed by atoms with E-state index in [-0.39, 0.29) is 12.1 Å². The maximum atomic E-state index is 11.9. The van der Waals surface area contributed by atoms with Gasteiger partial charge >= 0.3 is 5.97 Å². The first-order valence-electron chi connectivity index (χ1n) is 7.54. The molecule has 0 aliphatic carbocycles. The van der Waals surface area contributed by atoms with Crippen molar-refractivity contribution in [1.29, 1.82) is 0 Å². The molecule has 134 valence electrons. The Morgan fingerprint density at radius 3 is 2.46 bits per heavy atom. The van der Waals surface area contributed by atoms with E-state index in [1.807, 2.05) is 0 Å². The molecule has 0 bridgehead atoms. The third-order valence-corrected chi connectivity index (χ3v) is 3.59. The molecule has 2 amide bonds. The van der Waals surface area contributed by atoms with Crippen molar-refractivity contribution in [3.8, 4) is 0 Å². The van der Waals surface area contributed by atoms with E-state index in [4.69, 9.17) is 11.6 Å². The molecule has 7 nitrogen and oxygen atoms in total. The van der Waals surface area contributed by atoms with Crippen LogP contribution in [0.25, 0.3) is 0 Å². The van der Waals surface area contributed by atoms with E-state index in [2.05, 4.69) is 20.6 Å². The van der Waals surface area contributed by atoms with Gasteiger partial charge in [-0.15, -0.1) is 0 Å². The first-order valence-corrected chi connectivity index (χ1v) is 7.92. The van der Waals surface area contributed by atoms with Gasteiger partial charge in [-0.2, -0.15) is 5.10 Å². The number of amides is 2. The lowest BCUT2D eigenvalue weighted by Gasteiger charge is -2.05. The minimum atomic E-state index is -0.493. The molecule has 0 aliphatic rings. The summed E-state index contributed by atoms with van der Waals surface area (Å²) in [7, 11) is 1.30. The van der Waals surface area contributed by atoms with Crippen LogP contribution < -0.4 is 10.7 Å². The smallest absolute Gasteiger partial charge is 0.337 e. The molecule has 0 spiro atoms. The van der Waals surface area contributed by atoms with Crippen LogP contribution in [-0.2, 0) is 9.53 Å². The molecule has 0 aliphatic heterocycles. The molecular formula is C18H16ClN3O4.